The van der Waals surface area contributed by atoms with E-state index >= 15 is 0 Å². The van der Waals surface area contributed by atoms with Gasteiger partial charge < -0.3 is 10.8 Å². The van der Waals surface area contributed by atoms with Crippen LogP contribution in [0.4, 0.5) is 5.82 Å². The minimum Gasteiger partial charge on any atom is -0.508 e. The van der Waals surface area contributed by atoms with Crippen LogP contribution in [0, 0.1) is 0 Å². The van der Waals surface area contributed by atoms with Gasteiger partial charge in [0.25, 0.3) is 5.91 Å². The molecule has 162 valence electrons. The fraction of sp³-hybridized carbons (Fsp3) is 0.0500. The van der Waals surface area contributed by atoms with Crippen molar-refractivity contribution < 1.29 is 14.5 Å². The van der Waals surface area contributed by atoms with Crippen molar-refractivity contribution in [3.05, 3.63) is 78.1 Å². The number of aromatic nitrogens is 5. The molecule has 2 aromatic carbocycles. The smallest absolute Gasteiger partial charge is 0.292 e. The Labute approximate surface area is 186 Å². The summed E-state index contributed by atoms with van der Waals surface area (Å²) in [5.41, 5.74) is 12.7. The van der Waals surface area contributed by atoms with Gasteiger partial charge in [0.05, 0.1) is 11.4 Å². The fourth-order valence-corrected chi connectivity index (χ4v) is 3.62. The Morgan fingerprint density at radius 3 is 2.56 bits per heavy atom. The van der Waals surface area contributed by atoms with Crippen molar-refractivity contribution in [2.75, 3.05) is 5.73 Å². The van der Waals surface area contributed by atoms with Crippen LogP contribution in [0.5, 0.6) is 5.75 Å². The Hall–Kier alpha value is -4.32. The van der Waals surface area contributed by atoms with Crippen molar-refractivity contribution in [3.8, 4) is 11.6 Å². The molecule has 0 aliphatic heterocycles. The van der Waals surface area contributed by atoms with E-state index in [2.05, 4.69) is 42.7 Å². The number of nitrogens with one attached hydrogen (secondary N) is 2. The normalized spacial score (nSPS) is 10.6. The highest BCUT2D eigenvalue weighted by atomic mass is 32.2. The largest absolute Gasteiger partial charge is 0.508 e. The summed E-state index contributed by atoms with van der Waals surface area (Å²) in [5, 5.41) is 24.7. The third kappa shape index (κ3) is 4.54. The van der Waals surface area contributed by atoms with Crippen LogP contribution in [0.25, 0.3) is 11.5 Å². The number of carbonyl (C=O) groups excluding carboxylic acids is 1. The van der Waals surface area contributed by atoms with Crippen LogP contribution in [-0.4, -0.2) is 36.3 Å². The lowest BCUT2D eigenvalue weighted by atomic mass is 10.2. The Kier molecular flexibility index (Phi) is 6.03. The number of amides is 1. The van der Waals surface area contributed by atoms with Gasteiger partial charge in [0.15, 0.2) is 5.69 Å². The number of benzene rings is 2. The zero-order chi connectivity index (χ0) is 22.5. The first-order valence-electron chi connectivity index (χ1n) is 9.28. The summed E-state index contributed by atoms with van der Waals surface area (Å²) in [4.78, 5) is 13.9. The van der Waals surface area contributed by atoms with Crippen LogP contribution in [0.15, 0.2) is 70.7 Å². The summed E-state index contributed by atoms with van der Waals surface area (Å²) in [6.45, 7) is 3.88. The Morgan fingerprint density at radius 2 is 1.88 bits per heavy atom. The number of phenolic OH excluding ortho intramolecular Hbond substituents is 1. The number of carbonyl (C=O) groups is 1. The number of hydrogen-bond acceptors (Lipinski definition) is 10. The monoisotopic (exact) mass is 450 g/mol. The van der Waals surface area contributed by atoms with E-state index in [4.69, 9.17) is 5.73 Å². The van der Waals surface area contributed by atoms with E-state index in [1.807, 2.05) is 30.3 Å². The molecule has 0 fully saturated rings. The first-order chi connectivity index (χ1) is 15.5. The summed E-state index contributed by atoms with van der Waals surface area (Å²) in [7, 11) is 0. The van der Waals surface area contributed by atoms with E-state index in [1.165, 1.54) is 28.6 Å². The summed E-state index contributed by atoms with van der Waals surface area (Å²) in [6.07, 6.45) is 0. The molecule has 32 heavy (non-hydrogen) atoms. The number of nitrogens with two attached hydrogens (primary N) is 1. The molecule has 0 saturated heterocycles. The molecule has 0 spiro atoms. The average Bonchev–Trinajstić information content (AvgIpc) is 3.42. The van der Waals surface area contributed by atoms with Crippen LogP contribution in [0.2, 0.25) is 0 Å². The molecule has 0 aliphatic carbocycles. The average molecular weight is 450 g/mol. The molecule has 2 aromatic heterocycles. The topological polar surface area (TPSA) is 157 Å². The molecule has 0 bridgehead atoms. The molecule has 0 atom stereocenters. The van der Waals surface area contributed by atoms with Crippen molar-refractivity contribution in [2.45, 2.75) is 10.6 Å². The second-order valence-electron chi connectivity index (χ2n) is 6.48. The second-order valence-corrected chi connectivity index (χ2v) is 7.52. The van der Waals surface area contributed by atoms with Crippen molar-refractivity contribution in [1.82, 2.24) is 36.2 Å². The predicted molar refractivity (Wildman–Crippen MR) is 117 cm³/mol. The minimum absolute atomic E-state index is 0.0200. The zero-order valence-corrected chi connectivity index (χ0v) is 17.4. The summed E-state index contributed by atoms with van der Waals surface area (Å²) in [6, 6.07) is 16.0. The van der Waals surface area contributed by atoms with Gasteiger partial charge in [0.1, 0.15) is 5.75 Å². The van der Waals surface area contributed by atoms with E-state index in [-0.39, 0.29) is 23.1 Å². The van der Waals surface area contributed by atoms with Crippen LogP contribution >= 0.6 is 11.8 Å². The Bertz CT molecular complexity index is 1240. The van der Waals surface area contributed by atoms with Gasteiger partial charge in [-0.05, 0) is 52.3 Å². The summed E-state index contributed by atoms with van der Waals surface area (Å²) < 4.78 is 5.99. The molecule has 1 amide bonds. The van der Waals surface area contributed by atoms with E-state index in [1.54, 1.807) is 12.1 Å². The van der Waals surface area contributed by atoms with E-state index in [0.29, 0.717) is 22.7 Å². The van der Waals surface area contributed by atoms with Gasteiger partial charge in [-0.2, -0.15) is 4.68 Å². The second kappa shape index (κ2) is 9.22. The molecule has 12 heteroatoms. The zero-order valence-electron chi connectivity index (χ0n) is 16.6. The standard InChI is InChI=1S/C20H18N8O3S/c1-12(13-7-9-14(29)10-8-13)22-24-20(30)17-16(11-32-15-5-3-2-4-6-15)28(27-23-17)19-18(21)25-31-26-19/h2-10,22,29H,1,11H2,(H2,21,25)(H,24,30). The maximum absolute atomic E-state index is 12.9. The van der Waals surface area contributed by atoms with E-state index in [0.717, 1.165) is 4.90 Å². The molecule has 0 radical (unpaired) electrons. The predicted octanol–water partition coefficient (Wildman–Crippen LogP) is 2.14. The van der Waals surface area contributed by atoms with Crippen LogP contribution in [-0.2, 0) is 5.75 Å². The highest BCUT2D eigenvalue weighted by Gasteiger charge is 2.24. The van der Waals surface area contributed by atoms with E-state index in [9.17, 15) is 9.90 Å². The van der Waals surface area contributed by atoms with Gasteiger partial charge in [-0.3, -0.25) is 15.6 Å². The lowest BCUT2D eigenvalue weighted by molar-refractivity contribution is 0.0936. The molecule has 4 rings (SSSR count). The van der Waals surface area contributed by atoms with Crippen LogP contribution < -0.4 is 16.6 Å². The quantitative estimate of drug-likeness (QED) is 0.231. The van der Waals surface area contributed by atoms with Crippen LogP contribution in [0.1, 0.15) is 21.7 Å². The summed E-state index contributed by atoms with van der Waals surface area (Å²) >= 11 is 1.49. The number of hydrazine groups is 1. The number of thioether (sulfide) groups is 1. The van der Waals surface area contributed by atoms with Gasteiger partial charge in [0, 0.05) is 10.6 Å². The van der Waals surface area contributed by atoms with Gasteiger partial charge in [-0.15, -0.1) is 16.9 Å². The van der Waals surface area contributed by atoms with Gasteiger partial charge in [0.2, 0.25) is 11.6 Å². The minimum atomic E-state index is -0.533. The van der Waals surface area contributed by atoms with E-state index < -0.39 is 5.91 Å². The maximum Gasteiger partial charge on any atom is 0.292 e. The van der Waals surface area contributed by atoms with Crippen LogP contribution in [0.3, 0.4) is 0 Å². The molecular formula is C20H18N8O3S. The number of anilines is 1. The number of nitrogens with zero attached hydrogens (tertiary/aromatic N) is 5. The van der Waals surface area contributed by atoms with Crippen molar-refractivity contribution in [3.63, 3.8) is 0 Å². The molecule has 5 N–H and O–H groups in total. The number of phenols is 1. The van der Waals surface area contributed by atoms with Crippen molar-refractivity contribution in [1.29, 1.82) is 0 Å². The molecular weight excluding hydrogens is 432 g/mol. The van der Waals surface area contributed by atoms with Crippen molar-refractivity contribution in [2.24, 2.45) is 0 Å². The van der Waals surface area contributed by atoms with Gasteiger partial charge >= 0.3 is 0 Å². The molecule has 11 nitrogen and oxygen atoms in total. The SMILES string of the molecule is C=C(NNC(=O)c1nnn(-c2nonc2N)c1CSc1ccccc1)c1ccc(O)cc1. The fourth-order valence-electron chi connectivity index (χ4n) is 2.71. The first-order valence-corrected chi connectivity index (χ1v) is 10.3. The number of aromatic hydroxyl groups is 1. The number of rotatable bonds is 8. The first kappa shape index (κ1) is 20.9. The van der Waals surface area contributed by atoms with Gasteiger partial charge in [-0.1, -0.05) is 30.0 Å². The Morgan fingerprint density at radius 1 is 1.12 bits per heavy atom. The molecule has 4 aromatic rings. The maximum atomic E-state index is 12.9. The highest BCUT2D eigenvalue weighted by molar-refractivity contribution is 7.98. The lowest BCUT2D eigenvalue weighted by Crippen LogP contribution is -2.36. The molecule has 2 heterocycles. The highest BCUT2D eigenvalue weighted by Crippen LogP contribution is 2.25. The van der Waals surface area contributed by atoms with Gasteiger partial charge in [-0.25, -0.2) is 4.63 Å². The summed E-state index contributed by atoms with van der Waals surface area (Å²) in [5.74, 6) is 0.109. The lowest BCUT2D eigenvalue weighted by Gasteiger charge is -2.11. The number of nitrogen functional groups attached to an aromatic ring is 1. The molecule has 0 unspecified atom stereocenters. The van der Waals surface area contributed by atoms with Crippen molar-refractivity contribution >= 4 is 29.2 Å². The number of hydrogen-bond donors (Lipinski definition) is 4. The third-order valence-corrected chi connectivity index (χ3v) is 5.36. The molecule has 0 saturated carbocycles. The third-order valence-electron chi connectivity index (χ3n) is 4.34. The molecule has 0 aliphatic rings. The Balaban J connectivity index is 1.54.